The van der Waals surface area contributed by atoms with E-state index in [4.69, 9.17) is 9.15 Å². The number of methoxy groups -OCH3 is 1. The topological polar surface area (TPSA) is 64.2 Å². The number of quaternary nitrogens is 1. The van der Waals surface area contributed by atoms with E-state index in [1.807, 2.05) is 17.0 Å². The van der Waals surface area contributed by atoms with Gasteiger partial charge >= 0.3 is 5.63 Å². The highest BCUT2D eigenvalue weighted by Crippen LogP contribution is 2.22. The average molecular weight is 317 g/mol. The van der Waals surface area contributed by atoms with E-state index < -0.39 is 0 Å². The summed E-state index contributed by atoms with van der Waals surface area (Å²) in [5.74, 6) is 0.794. The molecule has 3 rings (SSSR count). The highest BCUT2D eigenvalue weighted by Gasteiger charge is 2.22. The smallest absolute Gasteiger partial charge is 0.336 e. The van der Waals surface area contributed by atoms with Gasteiger partial charge in [-0.1, -0.05) is 0 Å². The first-order chi connectivity index (χ1) is 11.1. The molecule has 0 bridgehead atoms. The molecule has 1 saturated heterocycles. The highest BCUT2D eigenvalue weighted by molar-refractivity contribution is 5.81. The van der Waals surface area contributed by atoms with Gasteiger partial charge in [-0.3, -0.25) is 4.79 Å². The summed E-state index contributed by atoms with van der Waals surface area (Å²) in [5.41, 5.74) is 1.18. The summed E-state index contributed by atoms with van der Waals surface area (Å²) in [6.07, 6.45) is 0. The Balaban J connectivity index is 1.83. The molecule has 6 nitrogen and oxygen atoms in total. The molecule has 122 valence electrons. The van der Waals surface area contributed by atoms with Crippen LogP contribution in [0.1, 0.15) is 12.5 Å². The van der Waals surface area contributed by atoms with Gasteiger partial charge in [0, 0.05) is 30.0 Å². The molecule has 2 aromatic rings. The third-order valence-electron chi connectivity index (χ3n) is 4.39. The van der Waals surface area contributed by atoms with Crippen molar-refractivity contribution in [2.24, 2.45) is 0 Å². The van der Waals surface area contributed by atoms with Gasteiger partial charge in [0.15, 0.2) is 0 Å². The third kappa shape index (κ3) is 3.37. The molecule has 23 heavy (non-hydrogen) atoms. The zero-order valence-electron chi connectivity index (χ0n) is 13.4. The van der Waals surface area contributed by atoms with Gasteiger partial charge in [0.05, 0.1) is 33.3 Å². The standard InChI is InChI=1S/C17H20N2O4/c1-12(20)19-7-5-18(6-8-19)11-13-9-17(21)23-16-10-14(22-2)3-4-15(13)16/h3-4,9-10H,5-8,11H2,1-2H3/p+1. The monoisotopic (exact) mass is 317 g/mol. The summed E-state index contributed by atoms with van der Waals surface area (Å²) < 4.78 is 10.5. The van der Waals surface area contributed by atoms with Crippen LogP contribution in [-0.4, -0.2) is 44.1 Å². The van der Waals surface area contributed by atoms with E-state index in [9.17, 15) is 9.59 Å². The number of hydrogen-bond donors (Lipinski definition) is 1. The predicted molar refractivity (Wildman–Crippen MR) is 85.7 cm³/mol. The molecule has 1 aromatic carbocycles. The highest BCUT2D eigenvalue weighted by atomic mass is 16.5. The minimum atomic E-state index is -0.345. The molecule has 1 aliphatic rings. The van der Waals surface area contributed by atoms with Crippen LogP contribution in [-0.2, 0) is 11.3 Å². The molecular weight excluding hydrogens is 296 g/mol. The van der Waals surface area contributed by atoms with Crippen molar-refractivity contribution in [3.63, 3.8) is 0 Å². The van der Waals surface area contributed by atoms with Gasteiger partial charge in [-0.05, 0) is 12.1 Å². The number of hydrogen-bond acceptors (Lipinski definition) is 4. The lowest BCUT2D eigenvalue weighted by Gasteiger charge is -2.31. The van der Waals surface area contributed by atoms with Crippen LogP contribution in [0.4, 0.5) is 0 Å². The van der Waals surface area contributed by atoms with Crippen molar-refractivity contribution >= 4 is 16.9 Å². The molecule has 0 radical (unpaired) electrons. The zero-order chi connectivity index (χ0) is 16.4. The molecule has 2 heterocycles. The van der Waals surface area contributed by atoms with Crippen LogP contribution in [0.5, 0.6) is 5.75 Å². The minimum Gasteiger partial charge on any atom is -0.497 e. The first kappa shape index (κ1) is 15.6. The molecule has 1 amide bonds. The molecular formula is C17H21N2O4+. The summed E-state index contributed by atoms with van der Waals surface area (Å²) in [7, 11) is 1.59. The van der Waals surface area contributed by atoms with E-state index >= 15 is 0 Å². The Hall–Kier alpha value is -2.34. The van der Waals surface area contributed by atoms with E-state index in [1.165, 1.54) is 4.90 Å². The second-order valence-electron chi connectivity index (χ2n) is 5.89. The number of amides is 1. The van der Waals surface area contributed by atoms with Crippen LogP contribution >= 0.6 is 0 Å². The molecule has 0 spiro atoms. The summed E-state index contributed by atoms with van der Waals surface area (Å²) in [5, 5.41) is 0.937. The molecule has 0 atom stereocenters. The van der Waals surface area contributed by atoms with Gasteiger partial charge in [-0.2, -0.15) is 0 Å². The largest absolute Gasteiger partial charge is 0.497 e. The van der Waals surface area contributed by atoms with Crippen molar-refractivity contribution in [1.29, 1.82) is 0 Å². The summed E-state index contributed by atoms with van der Waals surface area (Å²) >= 11 is 0. The number of piperazine rings is 1. The van der Waals surface area contributed by atoms with Crippen molar-refractivity contribution in [2.45, 2.75) is 13.5 Å². The van der Waals surface area contributed by atoms with Crippen molar-refractivity contribution in [3.05, 3.63) is 40.2 Å². The van der Waals surface area contributed by atoms with Crippen LogP contribution in [0.25, 0.3) is 11.0 Å². The number of carbonyl (C=O) groups excluding carboxylic acids is 1. The van der Waals surface area contributed by atoms with Gasteiger partial charge in [-0.25, -0.2) is 4.79 Å². The second kappa shape index (κ2) is 6.42. The summed E-state index contributed by atoms with van der Waals surface area (Å²) in [6.45, 7) is 5.65. The van der Waals surface area contributed by atoms with Crippen LogP contribution < -0.4 is 15.3 Å². The maximum Gasteiger partial charge on any atom is 0.336 e. The number of ether oxygens (including phenoxy) is 1. The minimum absolute atomic E-state index is 0.127. The van der Waals surface area contributed by atoms with Crippen LogP contribution in [0.3, 0.4) is 0 Å². The fourth-order valence-corrected chi connectivity index (χ4v) is 3.07. The number of nitrogens with one attached hydrogen (secondary N) is 1. The molecule has 6 heteroatoms. The van der Waals surface area contributed by atoms with E-state index in [-0.39, 0.29) is 11.5 Å². The predicted octanol–water partition coefficient (Wildman–Crippen LogP) is 0.0486. The van der Waals surface area contributed by atoms with E-state index in [0.717, 1.165) is 43.7 Å². The quantitative estimate of drug-likeness (QED) is 0.813. The Bertz CT molecular complexity index is 776. The Labute approximate surface area is 134 Å². The molecule has 1 aromatic heterocycles. The van der Waals surface area contributed by atoms with Crippen LogP contribution in [0, 0.1) is 0 Å². The summed E-state index contributed by atoms with van der Waals surface area (Å²) in [4.78, 5) is 26.4. The number of nitrogens with zero attached hydrogens (tertiary/aromatic N) is 1. The van der Waals surface area contributed by atoms with Gasteiger partial charge in [0.25, 0.3) is 0 Å². The van der Waals surface area contributed by atoms with Gasteiger partial charge in [0.2, 0.25) is 5.91 Å². The molecule has 1 N–H and O–H groups in total. The fraction of sp³-hybridized carbons (Fsp3) is 0.412. The molecule has 0 saturated carbocycles. The first-order valence-electron chi connectivity index (χ1n) is 7.76. The Kier molecular flexibility index (Phi) is 4.34. The summed E-state index contributed by atoms with van der Waals surface area (Å²) in [6, 6.07) is 7.11. The molecule has 1 aliphatic heterocycles. The lowest BCUT2D eigenvalue weighted by Crippen LogP contribution is -3.13. The Morgan fingerprint density at radius 3 is 2.70 bits per heavy atom. The number of benzene rings is 1. The van der Waals surface area contributed by atoms with Gasteiger partial charge in [-0.15, -0.1) is 0 Å². The average Bonchev–Trinajstić information content (AvgIpc) is 2.54. The fourth-order valence-electron chi connectivity index (χ4n) is 3.07. The van der Waals surface area contributed by atoms with Crippen molar-refractivity contribution in [3.8, 4) is 5.75 Å². The number of fused-ring (bicyclic) bond motifs is 1. The lowest BCUT2D eigenvalue weighted by atomic mass is 10.1. The van der Waals surface area contributed by atoms with Gasteiger partial charge < -0.3 is 19.0 Å². The molecule has 0 unspecified atom stereocenters. The number of carbonyl (C=O) groups is 1. The second-order valence-corrected chi connectivity index (χ2v) is 5.89. The lowest BCUT2D eigenvalue weighted by molar-refractivity contribution is -0.917. The van der Waals surface area contributed by atoms with Crippen LogP contribution in [0.15, 0.2) is 33.5 Å². The molecule has 0 aliphatic carbocycles. The van der Waals surface area contributed by atoms with Crippen molar-refractivity contribution in [1.82, 2.24) is 4.90 Å². The maximum absolute atomic E-state index is 11.8. The molecule has 1 fully saturated rings. The SMILES string of the molecule is COc1ccc2c(C[NH+]3CCN(C(C)=O)CC3)cc(=O)oc2c1. The van der Waals surface area contributed by atoms with Crippen molar-refractivity contribution < 1.29 is 18.8 Å². The van der Waals surface area contributed by atoms with E-state index in [2.05, 4.69) is 0 Å². The zero-order valence-corrected chi connectivity index (χ0v) is 13.4. The Morgan fingerprint density at radius 2 is 2.04 bits per heavy atom. The maximum atomic E-state index is 11.8. The van der Waals surface area contributed by atoms with Crippen LogP contribution in [0.2, 0.25) is 0 Å². The first-order valence-corrected chi connectivity index (χ1v) is 7.76. The van der Waals surface area contributed by atoms with Crippen molar-refractivity contribution in [2.75, 3.05) is 33.3 Å². The van der Waals surface area contributed by atoms with Gasteiger partial charge in [0.1, 0.15) is 17.9 Å². The normalized spacial score (nSPS) is 15.8. The third-order valence-corrected chi connectivity index (χ3v) is 4.39. The Morgan fingerprint density at radius 1 is 1.30 bits per heavy atom. The van der Waals surface area contributed by atoms with E-state index in [0.29, 0.717) is 11.3 Å². The van der Waals surface area contributed by atoms with E-state index in [1.54, 1.807) is 26.2 Å². The number of rotatable bonds is 3.